The fraction of sp³-hybridized carbons (Fsp3) is 0.154. The van der Waals surface area contributed by atoms with Crippen LogP contribution in [0.2, 0.25) is 0 Å². The van der Waals surface area contributed by atoms with E-state index in [9.17, 15) is 14.0 Å². The van der Waals surface area contributed by atoms with E-state index in [4.69, 9.17) is 4.74 Å². The van der Waals surface area contributed by atoms with Gasteiger partial charge >= 0.3 is 0 Å². The van der Waals surface area contributed by atoms with Crippen molar-refractivity contribution >= 4 is 28.8 Å². The molecule has 0 saturated heterocycles. The Balaban J connectivity index is 1.76. The number of benzene rings is 3. The fourth-order valence-corrected chi connectivity index (χ4v) is 3.53. The maximum atomic E-state index is 13.5. The molecule has 0 spiro atoms. The van der Waals surface area contributed by atoms with Crippen LogP contribution in [-0.4, -0.2) is 18.4 Å². The molecule has 4 rings (SSSR count). The molecule has 1 aliphatic heterocycles. The number of halogens is 1. The lowest BCUT2D eigenvalue weighted by Crippen LogP contribution is -2.32. The van der Waals surface area contributed by atoms with Crippen LogP contribution in [0.5, 0.6) is 5.75 Å². The number of amides is 2. The summed E-state index contributed by atoms with van der Waals surface area (Å²) in [7, 11) is 0. The second-order valence-electron chi connectivity index (χ2n) is 7.54. The topological polar surface area (TPSA) is 58.6 Å². The van der Waals surface area contributed by atoms with E-state index >= 15 is 0 Å². The molecule has 2 amide bonds. The number of nitrogens with one attached hydrogen (secondary N) is 1. The Morgan fingerprint density at radius 3 is 2.31 bits per heavy atom. The van der Waals surface area contributed by atoms with Gasteiger partial charge in [0.25, 0.3) is 11.8 Å². The second kappa shape index (κ2) is 9.06. The van der Waals surface area contributed by atoms with Crippen LogP contribution in [0.3, 0.4) is 0 Å². The molecule has 0 radical (unpaired) electrons. The third-order valence-corrected chi connectivity index (χ3v) is 5.07. The lowest BCUT2D eigenvalue weighted by molar-refractivity contribution is -0.120. The van der Waals surface area contributed by atoms with E-state index in [2.05, 4.69) is 5.32 Å². The van der Waals surface area contributed by atoms with Gasteiger partial charge in [0.1, 0.15) is 17.3 Å². The highest BCUT2D eigenvalue weighted by molar-refractivity contribution is 6.46. The summed E-state index contributed by atoms with van der Waals surface area (Å²) in [5, 5.41) is 3.03. The van der Waals surface area contributed by atoms with Crippen LogP contribution in [-0.2, 0) is 9.59 Å². The van der Waals surface area contributed by atoms with Gasteiger partial charge in [-0.25, -0.2) is 9.29 Å². The standard InChI is InChI=1S/C26H23FN2O3/c1-3-15-32-22-13-7-18(8-14-22)23-24(28-20-11-9-19(27)10-12-20)26(31)29(25(23)30)21-6-4-5-17(2)16-21/h4-14,16,28H,3,15H2,1-2H3. The Hall–Kier alpha value is -3.93. The number of rotatable bonds is 7. The number of ether oxygens (including phenoxy) is 1. The molecule has 6 heteroatoms. The van der Waals surface area contributed by atoms with Gasteiger partial charge in [0, 0.05) is 5.69 Å². The summed E-state index contributed by atoms with van der Waals surface area (Å²) in [6, 6.07) is 19.9. The van der Waals surface area contributed by atoms with Gasteiger partial charge in [-0.15, -0.1) is 0 Å². The zero-order chi connectivity index (χ0) is 22.7. The van der Waals surface area contributed by atoms with Crippen LogP contribution < -0.4 is 15.0 Å². The Bertz CT molecular complexity index is 1180. The van der Waals surface area contributed by atoms with Crippen LogP contribution in [0.4, 0.5) is 15.8 Å². The summed E-state index contributed by atoms with van der Waals surface area (Å²) >= 11 is 0. The van der Waals surface area contributed by atoms with E-state index in [-0.39, 0.29) is 17.1 Å². The first-order valence-electron chi connectivity index (χ1n) is 10.4. The summed E-state index contributed by atoms with van der Waals surface area (Å²) in [6.07, 6.45) is 0.886. The number of carbonyl (C=O) groups is 2. The smallest absolute Gasteiger partial charge is 0.282 e. The van der Waals surface area contributed by atoms with Crippen molar-refractivity contribution in [3.63, 3.8) is 0 Å². The number of hydrogen-bond donors (Lipinski definition) is 1. The Morgan fingerprint density at radius 1 is 0.938 bits per heavy atom. The van der Waals surface area contributed by atoms with Crippen LogP contribution >= 0.6 is 0 Å². The van der Waals surface area contributed by atoms with Crippen molar-refractivity contribution in [2.45, 2.75) is 20.3 Å². The molecule has 1 heterocycles. The largest absolute Gasteiger partial charge is 0.494 e. The summed E-state index contributed by atoms with van der Waals surface area (Å²) in [4.78, 5) is 28.0. The Kier molecular flexibility index (Phi) is 6.03. The van der Waals surface area contributed by atoms with E-state index in [1.54, 1.807) is 42.5 Å². The van der Waals surface area contributed by atoms with Gasteiger partial charge in [0.05, 0.1) is 17.9 Å². The number of hydrogen-bond acceptors (Lipinski definition) is 4. The van der Waals surface area contributed by atoms with Crippen molar-refractivity contribution in [3.05, 3.63) is 95.4 Å². The highest BCUT2D eigenvalue weighted by Gasteiger charge is 2.40. The van der Waals surface area contributed by atoms with E-state index in [0.29, 0.717) is 29.3 Å². The minimum Gasteiger partial charge on any atom is -0.494 e. The van der Waals surface area contributed by atoms with Crippen LogP contribution in [0.1, 0.15) is 24.5 Å². The molecular weight excluding hydrogens is 407 g/mol. The highest BCUT2D eigenvalue weighted by Crippen LogP contribution is 2.34. The molecule has 0 fully saturated rings. The highest BCUT2D eigenvalue weighted by atomic mass is 19.1. The Morgan fingerprint density at radius 2 is 1.66 bits per heavy atom. The van der Waals surface area contributed by atoms with Gasteiger partial charge in [-0.2, -0.15) is 0 Å². The third-order valence-electron chi connectivity index (χ3n) is 5.07. The predicted octanol–water partition coefficient (Wildman–Crippen LogP) is 5.32. The van der Waals surface area contributed by atoms with Gasteiger partial charge in [0.15, 0.2) is 0 Å². The molecule has 0 bridgehead atoms. The molecular formula is C26H23FN2O3. The molecule has 1 N–H and O–H groups in total. The molecule has 3 aromatic carbocycles. The number of nitrogens with zero attached hydrogens (tertiary/aromatic N) is 1. The third kappa shape index (κ3) is 4.25. The van der Waals surface area contributed by atoms with Gasteiger partial charge in [-0.3, -0.25) is 9.59 Å². The monoisotopic (exact) mass is 430 g/mol. The molecule has 0 aliphatic carbocycles. The Labute approximate surface area is 186 Å². The minimum absolute atomic E-state index is 0.144. The summed E-state index contributed by atoms with van der Waals surface area (Å²) in [5.74, 6) is -0.585. The van der Waals surface area contributed by atoms with E-state index < -0.39 is 11.8 Å². The van der Waals surface area contributed by atoms with Gasteiger partial charge in [-0.1, -0.05) is 31.2 Å². The van der Waals surface area contributed by atoms with Crippen LogP contribution in [0.25, 0.3) is 5.57 Å². The molecule has 0 atom stereocenters. The molecule has 0 aromatic heterocycles. The van der Waals surface area contributed by atoms with Gasteiger partial charge in [0.2, 0.25) is 0 Å². The van der Waals surface area contributed by atoms with E-state index in [1.807, 2.05) is 19.9 Å². The first kappa shape index (κ1) is 21.3. The van der Waals surface area contributed by atoms with Gasteiger partial charge < -0.3 is 10.1 Å². The second-order valence-corrected chi connectivity index (χ2v) is 7.54. The predicted molar refractivity (Wildman–Crippen MR) is 123 cm³/mol. The normalized spacial score (nSPS) is 13.7. The molecule has 162 valence electrons. The quantitative estimate of drug-likeness (QED) is 0.516. The molecule has 0 unspecified atom stereocenters. The molecule has 3 aromatic rings. The fourth-order valence-electron chi connectivity index (χ4n) is 3.53. The summed E-state index contributed by atoms with van der Waals surface area (Å²) < 4.78 is 19.0. The summed E-state index contributed by atoms with van der Waals surface area (Å²) in [5.41, 5.74) is 2.92. The molecule has 1 aliphatic rings. The first-order valence-corrected chi connectivity index (χ1v) is 10.4. The average molecular weight is 430 g/mol. The maximum Gasteiger partial charge on any atom is 0.282 e. The first-order chi connectivity index (χ1) is 15.5. The zero-order valence-corrected chi connectivity index (χ0v) is 17.9. The SMILES string of the molecule is CCCOc1ccc(C2=C(Nc3ccc(F)cc3)C(=O)N(c3cccc(C)c3)C2=O)cc1. The van der Waals surface area contributed by atoms with Crippen molar-refractivity contribution in [2.75, 3.05) is 16.8 Å². The lowest BCUT2D eigenvalue weighted by Gasteiger charge is -2.16. The van der Waals surface area contributed by atoms with E-state index in [0.717, 1.165) is 16.9 Å². The van der Waals surface area contributed by atoms with Crippen molar-refractivity contribution in [3.8, 4) is 5.75 Å². The molecule has 5 nitrogen and oxygen atoms in total. The molecule has 32 heavy (non-hydrogen) atoms. The molecule has 0 saturated carbocycles. The van der Waals surface area contributed by atoms with Crippen molar-refractivity contribution < 1.29 is 18.7 Å². The number of aryl methyl sites for hydroxylation is 1. The lowest BCUT2D eigenvalue weighted by atomic mass is 10.0. The van der Waals surface area contributed by atoms with E-state index in [1.165, 1.54) is 24.3 Å². The average Bonchev–Trinajstić information content (AvgIpc) is 3.03. The number of anilines is 2. The van der Waals surface area contributed by atoms with Crippen LogP contribution in [0, 0.1) is 12.7 Å². The zero-order valence-electron chi connectivity index (χ0n) is 17.9. The number of imide groups is 1. The van der Waals surface area contributed by atoms with Gasteiger partial charge in [-0.05, 0) is 73.0 Å². The van der Waals surface area contributed by atoms with Crippen molar-refractivity contribution in [1.82, 2.24) is 0 Å². The minimum atomic E-state index is -0.466. The van der Waals surface area contributed by atoms with Crippen molar-refractivity contribution in [2.24, 2.45) is 0 Å². The van der Waals surface area contributed by atoms with Crippen LogP contribution in [0.15, 0.2) is 78.5 Å². The maximum absolute atomic E-state index is 13.5. The van der Waals surface area contributed by atoms with Crippen molar-refractivity contribution in [1.29, 1.82) is 0 Å². The number of carbonyl (C=O) groups excluding carboxylic acids is 2. The summed E-state index contributed by atoms with van der Waals surface area (Å²) in [6.45, 7) is 4.52.